The summed E-state index contributed by atoms with van der Waals surface area (Å²) in [4.78, 5) is 18.8. The Hall–Kier alpha value is -1.85. The number of allylic oxidation sites excluding steroid dienone is 1. The highest BCUT2D eigenvalue weighted by Gasteiger charge is 2.19. The van der Waals surface area contributed by atoms with Gasteiger partial charge in [-0.25, -0.2) is 0 Å². The van der Waals surface area contributed by atoms with Crippen molar-refractivity contribution in [1.29, 1.82) is 0 Å². The maximum absolute atomic E-state index is 11.9. The minimum absolute atomic E-state index is 0. The molecule has 3 rings (SSSR count). The molecule has 202 valence electrons. The third kappa shape index (κ3) is 13.7. The van der Waals surface area contributed by atoms with Crippen molar-refractivity contribution in [3.63, 3.8) is 0 Å². The van der Waals surface area contributed by atoms with E-state index in [-0.39, 0.29) is 7.33 Å². The number of nitrogens with one attached hydrogen (secondary N) is 1. The first kappa shape index (κ1) is 31.2. The number of benzene rings is 1. The molecule has 2 fully saturated rings. The minimum atomic E-state index is 0. The second-order valence-electron chi connectivity index (χ2n) is 11.0. The standard InChI is InChI=1S/C22H36N4O.C6H12.C2H6.H2/c1-24(2)18-22(27)23-20-8-10-21(11-9-20)26-16-14-25(15-17-26)13-12-19-6-4-3-5-7-19;1-5-6(2,3)4;1-2;/h8-11,19H,3-7,12-18H2,1-2H3,(H,23,27);5H,1H2,2-4H3;1-2H3;1H. The van der Waals surface area contributed by atoms with Crippen molar-refractivity contribution in [2.24, 2.45) is 11.3 Å². The van der Waals surface area contributed by atoms with Crippen LogP contribution < -0.4 is 10.2 Å². The Morgan fingerprint density at radius 2 is 1.60 bits per heavy atom. The molecule has 0 bridgehead atoms. The number of piperazine rings is 1. The smallest absolute Gasteiger partial charge is 0.238 e. The molecule has 1 saturated carbocycles. The summed E-state index contributed by atoms with van der Waals surface area (Å²) >= 11 is 0. The number of anilines is 2. The molecule has 35 heavy (non-hydrogen) atoms. The molecular weight excluding hydrogens is 432 g/mol. The van der Waals surface area contributed by atoms with Gasteiger partial charge in [0.05, 0.1) is 6.54 Å². The number of hydrogen-bond acceptors (Lipinski definition) is 4. The molecule has 0 unspecified atom stereocenters. The summed E-state index contributed by atoms with van der Waals surface area (Å²) in [7, 11) is 3.80. The van der Waals surface area contributed by atoms with E-state index in [9.17, 15) is 4.79 Å². The van der Waals surface area contributed by atoms with Gasteiger partial charge in [0.2, 0.25) is 5.91 Å². The summed E-state index contributed by atoms with van der Waals surface area (Å²) in [6.45, 7) is 20.2. The van der Waals surface area contributed by atoms with E-state index in [0.29, 0.717) is 12.0 Å². The molecule has 0 atom stereocenters. The maximum Gasteiger partial charge on any atom is 0.238 e. The molecule has 0 radical (unpaired) electrons. The normalized spacial score (nSPS) is 17.1. The van der Waals surface area contributed by atoms with Gasteiger partial charge in [0.15, 0.2) is 0 Å². The SMILES string of the molecule is C=CC(C)(C)C.CC.CN(C)CC(=O)Nc1ccc(N2CCN(CCC3CCCCC3)CC2)cc1.[HH]. The van der Waals surface area contributed by atoms with E-state index in [1.54, 1.807) is 0 Å². The first-order valence-electron chi connectivity index (χ1n) is 13.8. The minimum Gasteiger partial charge on any atom is -0.369 e. The Morgan fingerprint density at radius 3 is 2.09 bits per heavy atom. The van der Waals surface area contributed by atoms with Gasteiger partial charge in [-0.2, -0.15) is 0 Å². The molecular formula is C30H56N4O. The fourth-order valence-electron chi connectivity index (χ4n) is 4.31. The fourth-order valence-corrected chi connectivity index (χ4v) is 4.31. The van der Waals surface area contributed by atoms with Gasteiger partial charge in [-0.3, -0.25) is 9.69 Å². The van der Waals surface area contributed by atoms with Gasteiger partial charge in [0, 0.05) is 39.0 Å². The highest BCUT2D eigenvalue weighted by Crippen LogP contribution is 2.27. The molecule has 1 aliphatic heterocycles. The van der Waals surface area contributed by atoms with Gasteiger partial charge < -0.3 is 15.1 Å². The van der Waals surface area contributed by atoms with Crippen molar-refractivity contribution < 1.29 is 6.22 Å². The van der Waals surface area contributed by atoms with E-state index in [4.69, 9.17) is 0 Å². The highest BCUT2D eigenvalue weighted by molar-refractivity contribution is 5.92. The Balaban J connectivity index is 0.00000120. The molecule has 1 amide bonds. The first-order chi connectivity index (χ1) is 16.7. The van der Waals surface area contributed by atoms with Crippen molar-refractivity contribution in [2.45, 2.75) is 73.1 Å². The molecule has 1 N–H and O–H groups in total. The molecule has 1 aliphatic carbocycles. The van der Waals surface area contributed by atoms with Crippen LogP contribution in [0.1, 0.15) is 74.6 Å². The van der Waals surface area contributed by atoms with E-state index in [1.807, 2.05) is 51.1 Å². The van der Waals surface area contributed by atoms with Crippen molar-refractivity contribution in [3.8, 4) is 0 Å². The zero-order valence-electron chi connectivity index (χ0n) is 23.9. The number of rotatable bonds is 7. The van der Waals surface area contributed by atoms with E-state index in [2.05, 4.69) is 54.6 Å². The molecule has 5 heteroatoms. The predicted octanol–water partition coefficient (Wildman–Crippen LogP) is 6.77. The maximum atomic E-state index is 11.9. The zero-order chi connectivity index (χ0) is 26.3. The second-order valence-corrected chi connectivity index (χ2v) is 11.0. The number of carbonyl (C=O) groups is 1. The van der Waals surface area contributed by atoms with Gasteiger partial charge >= 0.3 is 0 Å². The van der Waals surface area contributed by atoms with Crippen LogP contribution in [-0.2, 0) is 4.79 Å². The van der Waals surface area contributed by atoms with Crippen LogP contribution in [0.25, 0.3) is 0 Å². The lowest BCUT2D eigenvalue weighted by molar-refractivity contribution is -0.116. The van der Waals surface area contributed by atoms with Crippen LogP contribution in [0.4, 0.5) is 11.4 Å². The van der Waals surface area contributed by atoms with Gasteiger partial charge in [-0.1, -0.05) is 72.8 Å². The van der Waals surface area contributed by atoms with E-state index >= 15 is 0 Å². The average Bonchev–Trinajstić information content (AvgIpc) is 2.85. The van der Waals surface area contributed by atoms with Crippen LogP contribution in [0, 0.1) is 11.3 Å². The Labute approximate surface area is 218 Å². The van der Waals surface area contributed by atoms with Crippen LogP contribution >= 0.6 is 0 Å². The van der Waals surface area contributed by atoms with Crippen LogP contribution in [-0.4, -0.2) is 69.1 Å². The lowest BCUT2D eigenvalue weighted by atomic mass is 9.87. The monoisotopic (exact) mass is 488 g/mol. The van der Waals surface area contributed by atoms with Crippen molar-refractivity contribution in [2.75, 3.05) is 63.6 Å². The molecule has 1 aromatic rings. The second kappa shape index (κ2) is 16.8. The summed E-state index contributed by atoms with van der Waals surface area (Å²) in [6, 6.07) is 8.28. The summed E-state index contributed by atoms with van der Waals surface area (Å²) in [5, 5.41) is 2.95. The fraction of sp³-hybridized carbons (Fsp3) is 0.700. The van der Waals surface area contributed by atoms with Crippen LogP contribution in [0.15, 0.2) is 36.9 Å². The van der Waals surface area contributed by atoms with Gasteiger partial charge in [-0.05, 0) is 62.7 Å². The zero-order valence-corrected chi connectivity index (χ0v) is 23.9. The summed E-state index contributed by atoms with van der Waals surface area (Å²) in [6.07, 6.45) is 10.6. The summed E-state index contributed by atoms with van der Waals surface area (Å²) in [5.41, 5.74) is 2.43. The molecule has 0 aromatic heterocycles. The average molecular weight is 489 g/mol. The number of hydrogen-bond donors (Lipinski definition) is 1. The third-order valence-corrected chi connectivity index (χ3v) is 6.54. The lowest BCUT2D eigenvalue weighted by Gasteiger charge is -2.37. The summed E-state index contributed by atoms with van der Waals surface area (Å²) in [5.74, 6) is 1.01. The number of likely N-dealkylation sites (N-methyl/N-ethyl adjacent to an activating group) is 1. The van der Waals surface area contributed by atoms with E-state index in [0.717, 1.165) is 37.8 Å². The molecule has 1 saturated heterocycles. The quantitative estimate of drug-likeness (QED) is 0.430. The number of nitrogens with zero attached hydrogens (tertiary/aromatic N) is 3. The highest BCUT2D eigenvalue weighted by atomic mass is 16.2. The van der Waals surface area contributed by atoms with Crippen LogP contribution in [0.3, 0.4) is 0 Å². The van der Waals surface area contributed by atoms with Crippen molar-refractivity contribution >= 4 is 17.3 Å². The van der Waals surface area contributed by atoms with Gasteiger partial charge in [-0.15, -0.1) is 6.58 Å². The summed E-state index contributed by atoms with van der Waals surface area (Å²) < 4.78 is 0. The third-order valence-electron chi connectivity index (χ3n) is 6.54. The largest absolute Gasteiger partial charge is 0.369 e. The molecule has 0 spiro atoms. The van der Waals surface area contributed by atoms with E-state index < -0.39 is 0 Å². The lowest BCUT2D eigenvalue weighted by Crippen LogP contribution is -2.46. The number of amides is 1. The topological polar surface area (TPSA) is 38.8 Å². The van der Waals surface area contributed by atoms with Crippen LogP contribution in [0.2, 0.25) is 0 Å². The van der Waals surface area contributed by atoms with Gasteiger partial charge in [0.1, 0.15) is 0 Å². The van der Waals surface area contributed by atoms with Crippen molar-refractivity contribution in [3.05, 3.63) is 36.9 Å². The molecule has 5 nitrogen and oxygen atoms in total. The Bertz CT molecular complexity index is 701. The Morgan fingerprint density at radius 1 is 1.06 bits per heavy atom. The molecule has 1 aromatic carbocycles. The Kier molecular flexibility index (Phi) is 14.9. The van der Waals surface area contributed by atoms with Gasteiger partial charge in [0.25, 0.3) is 0 Å². The van der Waals surface area contributed by atoms with Crippen LogP contribution in [0.5, 0.6) is 0 Å². The predicted molar refractivity (Wildman–Crippen MR) is 157 cm³/mol. The van der Waals surface area contributed by atoms with Crippen molar-refractivity contribution in [1.82, 2.24) is 9.80 Å². The number of carbonyl (C=O) groups excluding carboxylic acids is 1. The molecule has 2 aliphatic rings. The van der Waals surface area contributed by atoms with E-state index in [1.165, 1.54) is 50.8 Å². The first-order valence-corrected chi connectivity index (χ1v) is 13.8. The molecule has 1 heterocycles.